The summed E-state index contributed by atoms with van der Waals surface area (Å²) in [6.07, 6.45) is 1.39. The summed E-state index contributed by atoms with van der Waals surface area (Å²) in [7, 11) is -2.04. The minimum absolute atomic E-state index is 0.117. The number of anilines is 1. The molecule has 1 fully saturated rings. The lowest BCUT2D eigenvalue weighted by Crippen LogP contribution is -2.38. The lowest BCUT2D eigenvalue weighted by atomic mass is 10.1. The Morgan fingerprint density at radius 1 is 1.20 bits per heavy atom. The smallest absolute Gasteiger partial charge is 0.239 e. The maximum Gasteiger partial charge on any atom is 0.239 e. The number of sulfonamides is 1. The molecule has 2 amide bonds. The molecule has 0 saturated carbocycles. The van der Waals surface area contributed by atoms with E-state index in [1.54, 1.807) is 24.3 Å². The number of nitrogens with one attached hydrogen (secondary N) is 1. The zero-order valence-corrected chi connectivity index (χ0v) is 16.0. The molecule has 0 aromatic heterocycles. The third-order valence-corrected chi connectivity index (χ3v) is 6.09. The highest BCUT2D eigenvalue weighted by Gasteiger charge is 2.17. The van der Waals surface area contributed by atoms with Gasteiger partial charge in [0.05, 0.1) is 19.2 Å². The van der Waals surface area contributed by atoms with E-state index < -0.39 is 15.9 Å². The van der Waals surface area contributed by atoms with Crippen LogP contribution >= 0.6 is 11.8 Å². The van der Waals surface area contributed by atoms with Crippen LogP contribution in [0.5, 0.6) is 0 Å². The number of likely N-dealkylation sites (N-methyl/N-ethyl adjacent to an activating group) is 1. The van der Waals surface area contributed by atoms with Gasteiger partial charge in [0.1, 0.15) is 0 Å². The molecule has 7 nitrogen and oxygen atoms in total. The molecule has 138 valence electrons. The maximum absolute atomic E-state index is 12.2. The number of amides is 2. The fourth-order valence-corrected chi connectivity index (χ4v) is 3.58. The average molecular weight is 386 g/mol. The number of hydrogen-bond donors (Lipinski definition) is 1. The van der Waals surface area contributed by atoms with Crippen molar-refractivity contribution in [3.8, 4) is 0 Å². The Hall–Kier alpha value is -1.58. The lowest BCUT2D eigenvalue weighted by molar-refractivity contribution is -0.130. The van der Waals surface area contributed by atoms with Gasteiger partial charge < -0.3 is 10.2 Å². The molecular weight excluding hydrogens is 362 g/mol. The zero-order valence-electron chi connectivity index (χ0n) is 14.4. The molecule has 0 aliphatic carbocycles. The van der Waals surface area contributed by atoms with Gasteiger partial charge in [0, 0.05) is 37.3 Å². The lowest BCUT2D eigenvalue weighted by Gasteiger charge is -2.26. The Morgan fingerprint density at radius 3 is 2.36 bits per heavy atom. The van der Waals surface area contributed by atoms with E-state index in [-0.39, 0.29) is 12.5 Å². The van der Waals surface area contributed by atoms with Crippen LogP contribution in [0.25, 0.3) is 0 Å². The van der Waals surface area contributed by atoms with E-state index in [1.807, 2.05) is 16.7 Å². The van der Waals surface area contributed by atoms with Crippen molar-refractivity contribution in [1.29, 1.82) is 0 Å². The molecule has 1 aromatic rings. The third-order valence-electron chi connectivity index (χ3n) is 3.89. The summed E-state index contributed by atoms with van der Waals surface area (Å²) in [5.74, 6) is 1.67. The molecule has 1 aliphatic rings. The number of thioether (sulfide) groups is 1. The van der Waals surface area contributed by atoms with Crippen LogP contribution in [0.1, 0.15) is 5.56 Å². The molecule has 0 unspecified atom stereocenters. The van der Waals surface area contributed by atoms with Crippen LogP contribution in [-0.4, -0.2) is 73.9 Å². The van der Waals surface area contributed by atoms with Gasteiger partial charge >= 0.3 is 0 Å². The van der Waals surface area contributed by atoms with Crippen molar-refractivity contribution in [2.75, 3.05) is 49.8 Å². The van der Waals surface area contributed by atoms with E-state index >= 15 is 0 Å². The number of carbonyl (C=O) groups excluding carboxylic acids is 2. The van der Waals surface area contributed by atoms with Crippen LogP contribution in [0, 0.1) is 0 Å². The van der Waals surface area contributed by atoms with Crippen molar-refractivity contribution in [3.63, 3.8) is 0 Å². The Labute approximate surface area is 152 Å². The molecule has 1 N–H and O–H groups in total. The normalized spacial score (nSPS) is 15.2. The third kappa shape index (κ3) is 6.33. The molecule has 0 bridgehead atoms. The van der Waals surface area contributed by atoms with Gasteiger partial charge in [0.15, 0.2) is 0 Å². The van der Waals surface area contributed by atoms with E-state index in [1.165, 1.54) is 7.05 Å². The first-order valence-corrected chi connectivity index (χ1v) is 10.9. The molecular formula is C16H23N3O4S2. The van der Waals surface area contributed by atoms with Crippen LogP contribution in [0.4, 0.5) is 5.69 Å². The van der Waals surface area contributed by atoms with Crippen molar-refractivity contribution in [3.05, 3.63) is 29.8 Å². The molecule has 2 rings (SSSR count). The Bertz CT molecular complexity index is 713. The fourth-order valence-electron chi connectivity index (χ4n) is 2.33. The summed E-state index contributed by atoms with van der Waals surface area (Å²) in [4.78, 5) is 26.0. The monoisotopic (exact) mass is 385 g/mol. The van der Waals surface area contributed by atoms with Gasteiger partial charge in [-0.15, -0.1) is 0 Å². The van der Waals surface area contributed by atoms with Crippen molar-refractivity contribution in [1.82, 2.24) is 9.21 Å². The second-order valence-electron chi connectivity index (χ2n) is 5.93. The first-order chi connectivity index (χ1) is 11.8. The van der Waals surface area contributed by atoms with Crippen molar-refractivity contribution in [2.24, 2.45) is 0 Å². The van der Waals surface area contributed by atoms with Gasteiger partial charge in [-0.1, -0.05) is 12.1 Å². The summed E-state index contributed by atoms with van der Waals surface area (Å²) >= 11 is 1.86. The SMILES string of the molecule is CN(CC(=O)Nc1ccc(CC(=O)N2CCSCC2)cc1)S(C)(=O)=O. The molecule has 1 saturated heterocycles. The number of nitrogens with zero attached hydrogens (tertiary/aromatic N) is 2. The van der Waals surface area contributed by atoms with Gasteiger partial charge in [-0.05, 0) is 17.7 Å². The van der Waals surface area contributed by atoms with Gasteiger partial charge in [-0.25, -0.2) is 8.42 Å². The van der Waals surface area contributed by atoms with Crippen molar-refractivity contribution >= 4 is 39.3 Å². The van der Waals surface area contributed by atoms with E-state index in [0.29, 0.717) is 12.1 Å². The highest BCUT2D eigenvalue weighted by atomic mass is 32.2. The van der Waals surface area contributed by atoms with E-state index in [0.717, 1.165) is 40.7 Å². The quantitative estimate of drug-likeness (QED) is 0.776. The topological polar surface area (TPSA) is 86.8 Å². The number of benzene rings is 1. The molecule has 0 radical (unpaired) electrons. The van der Waals surface area contributed by atoms with Crippen LogP contribution in [0.3, 0.4) is 0 Å². The van der Waals surface area contributed by atoms with Crippen LogP contribution < -0.4 is 5.32 Å². The van der Waals surface area contributed by atoms with E-state index in [9.17, 15) is 18.0 Å². The Kier molecular flexibility index (Phi) is 6.86. The largest absolute Gasteiger partial charge is 0.341 e. The summed E-state index contributed by atoms with van der Waals surface area (Å²) in [6.45, 7) is 1.35. The number of carbonyl (C=O) groups is 2. The fraction of sp³-hybridized carbons (Fsp3) is 0.500. The highest BCUT2D eigenvalue weighted by Crippen LogP contribution is 2.14. The van der Waals surface area contributed by atoms with E-state index in [2.05, 4.69) is 5.32 Å². The molecule has 1 heterocycles. The van der Waals surface area contributed by atoms with Crippen LogP contribution in [0.2, 0.25) is 0 Å². The minimum Gasteiger partial charge on any atom is -0.341 e. The predicted molar refractivity (Wildman–Crippen MR) is 100 cm³/mol. The van der Waals surface area contributed by atoms with Crippen LogP contribution in [0.15, 0.2) is 24.3 Å². The zero-order chi connectivity index (χ0) is 18.4. The minimum atomic E-state index is -3.39. The Morgan fingerprint density at radius 2 is 1.80 bits per heavy atom. The van der Waals surface area contributed by atoms with Crippen LogP contribution in [-0.2, 0) is 26.0 Å². The highest BCUT2D eigenvalue weighted by molar-refractivity contribution is 7.99. The van der Waals surface area contributed by atoms with E-state index in [4.69, 9.17) is 0 Å². The van der Waals surface area contributed by atoms with Crippen molar-refractivity contribution < 1.29 is 18.0 Å². The molecule has 1 aliphatic heterocycles. The summed E-state index contributed by atoms with van der Waals surface area (Å²) < 4.78 is 23.6. The molecule has 9 heteroatoms. The second-order valence-corrected chi connectivity index (χ2v) is 9.25. The standard InChI is InChI=1S/C16H23N3O4S2/c1-18(25(2,22)23)12-15(20)17-14-5-3-13(4-6-14)11-16(21)19-7-9-24-10-8-19/h3-6H,7-12H2,1-2H3,(H,17,20). The first-order valence-electron chi connectivity index (χ1n) is 7.91. The summed E-state index contributed by atoms with van der Waals surface area (Å²) in [5, 5.41) is 2.65. The van der Waals surface area contributed by atoms with Crippen molar-refractivity contribution in [2.45, 2.75) is 6.42 Å². The number of hydrogen-bond acceptors (Lipinski definition) is 5. The van der Waals surface area contributed by atoms with Gasteiger partial charge in [-0.3, -0.25) is 9.59 Å². The summed E-state index contributed by atoms with van der Waals surface area (Å²) in [5.41, 5.74) is 1.45. The molecule has 1 aromatic carbocycles. The maximum atomic E-state index is 12.2. The van der Waals surface area contributed by atoms with Gasteiger partial charge in [-0.2, -0.15) is 16.1 Å². The molecule has 0 spiro atoms. The number of rotatable bonds is 6. The molecule has 25 heavy (non-hydrogen) atoms. The summed E-state index contributed by atoms with van der Waals surface area (Å²) in [6, 6.07) is 7.03. The average Bonchev–Trinajstić information content (AvgIpc) is 2.56. The predicted octanol–water partition coefficient (Wildman–Crippen LogP) is 0.634. The molecule has 0 atom stereocenters. The first kappa shape index (κ1) is 19.7. The van der Waals surface area contributed by atoms with Gasteiger partial charge in [0.25, 0.3) is 0 Å². The second kappa shape index (κ2) is 8.68. The Balaban J connectivity index is 1.87. The van der Waals surface area contributed by atoms with Gasteiger partial charge in [0.2, 0.25) is 21.8 Å².